The van der Waals surface area contributed by atoms with Gasteiger partial charge >= 0.3 is 0 Å². The summed E-state index contributed by atoms with van der Waals surface area (Å²) in [6, 6.07) is 12.1. The highest BCUT2D eigenvalue weighted by Gasteiger charge is 2.03. The first-order valence-corrected chi connectivity index (χ1v) is 5.63. The van der Waals surface area contributed by atoms with Crippen LogP contribution in [0.25, 0.3) is 11.4 Å². The number of aromatic nitrogens is 2. The Morgan fingerprint density at radius 2 is 1.81 bits per heavy atom. The van der Waals surface area contributed by atoms with Crippen LogP contribution in [0.5, 0.6) is 0 Å². The van der Waals surface area contributed by atoms with Crippen LogP contribution in [0.4, 0.5) is 0 Å². The van der Waals surface area contributed by atoms with Crippen LogP contribution in [-0.4, -0.2) is 9.97 Å². The van der Waals surface area contributed by atoms with E-state index in [-0.39, 0.29) is 0 Å². The number of hydrogen-bond donors (Lipinski definition) is 0. The summed E-state index contributed by atoms with van der Waals surface area (Å²) in [5.41, 5.74) is 2.19. The lowest BCUT2D eigenvalue weighted by Crippen LogP contribution is -1.99. The number of nitrogens with zero attached hydrogens (tertiary/aromatic N) is 2. The number of hydrogen-bond acceptors (Lipinski definition) is 2. The van der Waals surface area contributed by atoms with Crippen molar-refractivity contribution in [2.75, 3.05) is 0 Å². The maximum atomic E-state index is 4.57. The van der Waals surface area contributed by atoms with Gasteiger partial charge < -0.3 is 0 Å². The van der Waals surface area contributed by atoms with Gasteiger partial charge in [-0.05, 0) is 18.4 Å². The van der Waals surface area contributed by atoms with Crippen molar-refractivity contribution in [2.24, 2.45) is 5.92 Å². The highest BCUT2D eigenvalue weighted by Crippen LogP contribution is 2.14. The van der Waals surface area contributed by atoms with E-state index in [0.717, 1.165) is 23.5 Å². The molecule has 2 heteroatoms. The standard InChI is InChI=1S/C14H16N2/c1-11(2)10-13-8-9-15-14(16-13)12-6-4-3-5-7-12/h3-9,11H,10H2,1-2H3. The van der Waals surface area contributed by atoms with E-state index in [1.165, 1.54) is 0 Å². The molecular weight excluding hydrogens is 196 g/mol. The predicted octanol–water partition coefficient (Wildman–Crippen LogP) is 3.34. The maximum absolute atomic E-state index is 4.57. The van der Waals surface area contributed by atoms with Crippen molar-refractivity contribution in [1.82, 2.24) is 9.97 Å². The average molecular weight is 212 g/mol. The van der Waals surface area contributed by atoms with Gasteiger partial charge in [-0.2, -0.15) is 0 Å². The first-order valence-electron chi connectivity index (χ1n) is 5.63. The van der Waals surface area contributed by atoms with Crippen molar-refractivity contribution in [3.8, 4) is 11.4 Å². The Kier molecular flexibility index (Phi) is 3.30. The van der Waals surface area contributed by atoms with Crippen LogP contribution in [0.1, 0.15) is 19.5 Å². The first kappa shape index (κ1) is 10.8. The summed E-state index contributed by atoms with van der Waals surface area (Å²) >= 11 is 0. The zero-order chi connectivity index (χ0) is 11.4. The molecule has 16 heavy (non-hydrogen) atoms. The molecule has 0 saturated heterocycles. The zero-order valence-electron chi connectivity index (χ0n) is 9.72. The highest BCUT2D eigenvalue weighted by molar-refractivity contribution is 5.54. The molecule has 1 heterocycles. The summed E-state index contributed by atoms with van der Waals surface area (Å²) < 4.78 is 0. The van der Waals surface area contributed by atoms with Crippen LogP contribution in [0.2, 0.25) is 0 Å². The monoisotopic (exact) mass is 212 g/mol. The van der Waals surface area contributed by atoms with E-state index in [0.29, 0.717) is 5.92 Å². The molecule has 0 unspecified atom stereocenters. The van der Waals surface area contributed by atoms with E-state index in [4.69, 9.17) is 0 Å². The highest BCUT2D eigenvalue weighted by atomic mass is 14.9. The maximum Gasteiger partial charge on any atom is 0.159 e. The molecule has 0 N–H and O–H groups in total. The van der Waals surface area contributed by atoms with Crippen LogP contribution >= 0.6 is 0 Å². The molecule has 2 nitrogen and oxygen atoms in total. The SMILES string of the molecule is CC(C)Cc1ccnc(-c2ccccc2)n1. The summed E-state index contributed by atoms with van der Waals surface area (Å²) in [6.07, 6.45) is 2.84. The van der Waals surface area contributed by atoms with Gasteiger partial charge in [-0.3, -0.25) is 0 Å². The van der Waals surface area contributed by atoms with Crippen LogP contribution in [-0.2, 0) is 6.42 Å². The molecule has 0 aliphatic heterocycles. The molecule has 0 atom stereocenters. The molecule has 0 aliphatic carbocycles. The number of rotatable bonds is 3. The lowest BCUT2D eigenvalue weighted by molar-refractivity contribution is 0.634. The minimum Gasteiger partial charge on any atom is -0.237 e. The summed E-state index contributed by atoms with van der Waals surface area (Å²) in [5, 5.41) is 0. The quantitative estimate of drug-likeness (QED) is 0.779. The smallest absolute Gasteiger partial charge is 0.159 e. The fourth-order valence-electron chi connectivity index (χ4n) is 1.65. The second-order valence-corrected chi connectivity index (χ2v) is 4.34. The van der Waals surface area contributed by atoms with E-state index in [9.17, 15) is 0 Å². The second-order valence-electron chi connectivity index (χ2n) is 4.34. The minimum absolute atomic E-state index is 0.624. The molecule has 82 valence electrons. The van der Waals surface area contributed by atoms with Crippen molar-refractivity contribution < 1.29 is 0 Å². The lowest BCUT2D eigenvalue weighted by Gasteiger charge is -2.05. The summed E-state index contributed by atoms with van der Waals surface area (Å²) in [6.45, 7) is 4.40. The molecular formula is C14H16N2. The normalized spacial score (nSPS) is 10.7. The van der Waals surface area contributed by atoms with Crippen LogP contribution < -0.4 is 0 Å². The van der Waals surface area contributed by atoms with E-state index >= 15 is 0 Å². The van der Waals surface area contributed by atoms with Gasteiger partial charge in [0.2, 0.25) is 0 Å². The van der Waals surface area contributed by atoms with Gasteiger partial charge in [0.15, 0.2) is 5.82 Å². The average Bonchev–Trinajstić information content (AvgIpc) is 2.30. The van der Waals surface area contributed by atoms with Gasteiger partial charge in [0.1, 0.15) is 0 Å². The predicted molar refractivity (Wildman–Crippen MR) is 66.0 cm³/mol. The van der Waals surface area contributed by atoms with Crippen LogP contribution in [0.15, 0.2) is 42.6 Å². The van der Waals surface area contributed by atoms with E-state index in [1.54, 1.807) is 0 Å². The summed E-state index contributed by atoms with van der Waals surface area (Å²) in [5.74, 6) is 1.44. The molecule has 2 rings (SSSR count). The fourth-order valence-corrected chi connectivity index (χ4v) is 1.65. The van der Waals surface area contributed by atoms with Crippen LogP contribution in [0, 0.1) is 5.92 Å². The second kappa shape index (κ2) is 4.88. The van der Waals surface area contributed by atoms with E-state index in [2.05, 4.69) is 23.8 Å². The molecule has 0 spiro atoms. The third-order valence-corrected chi connectivity index (χ3v) is 2.36. The third kappa shape index (κ3) is 2.66. The molecule has 0 radical (unpaired) electrons. The summed E-state index contributed by atoms with van der Waals surface area (Å²) in [4.78, 5) is 8.88. The minimum atomic E-state index is 0.624. The molecule has 0 bridgehead atoms. The largest absolute Gasteiger partial charge is 0.237 e. The third-order valence-electron chi connectivity index (χ3n) is 2.36. The topological polar surface area (TPSA) is 25.8 Å². The van der Waals surface area contributed by atoms with Gasteiger partial charge in [0, 0.05) is 17.5 Å². The zero-order valence-corrected chi connectivity index (χ0v) is 9.72. The van der Waals surface area contributed by atoms with E-state index < -0.39 is 0 Å². The lowest BCUT2D eigenvalue weighted by atomic mass is 10.1. The van der Waals surface area contributed by atoms with E-state index in [1.807, 2.05) is 42.6 Å². The summed E-state index contributed by atoms with van der Waals surface area (Å²) in [7, 11) is 0. The molecule has 1 aromatic carbocycles. The molecule has 1 aromatic heterocycles. The Labute approximate surface area is 96.4 Å². The van der Waals surface area contributed by atoms with Crippen molar-refractivity contribution >= 4 is 0 Å². The van der Waals surface area contributed by atoms with Gasteiger partial charge in [-0.1, -0.05) is 44.2 Å². The number of benzene rings is 1. The Bertz CT molecular complexity index is 449. The van der Waals surface area contributed by atoms with Gasteiger partial charge in [-0.25, -0.2) is 9.97 Å². The Hall–Kier alpha value is -1.70. The van der Waals surface area contributed by atoms with Gasteiger partial charge in [0.25, 0.3) is 0 Å². The van der Waals surface area contributed by atoms with Crippen molar-refractivity contribution in [3.63, 3.8) is 0 Å². The molecule has 0 fully saturated rings. The van der Waals surface area contributed by atoms with Gasteiger partial charge in [0.05, 0.1) is 0 Å². The Balaban J connectivity index is 2.29. The van der Waals surface area contributed by atoms with Crippen molar-refractivity contribution in [1.29, 1.82) is 0 Å². The first-order chi connectivity index (χ1) is 7.75. The molecule has 0 amide bonds. The molecule has 2 aromatic rings. The Morgan fingerprint density at radius 1 is 1.06 bits per heavy atom. The Morgan fingerprint density at radius 3 is 2.50 bits per heavy atom. The van der Waals surface area contributed by atoms with Crippen molar-refractivity contribution in [3.05, 3.63) is 48.3 Å². The van der Waals surface area contributed by atoms with Gasteiger partial charge in [-0.15, -0.1) is 0 Å². The molecule has 0 aliphatic rings. The fraction of sp³-hybridized carbons (Fsp3) is 0.286. The van der Waals surface area contributed by atoms with Crippen LogP contribution in [0.3, 0.4) is 0 Å². The van der Waals surface area contributed by atoms with Crippen molar-refractivity contribution in [2.45, 2.75) is 20.3 Å². The molecule has 0 saturated carbocycles.